The van der Waals surface area contributed by atoms with Crippen molar-refractivity contribution in [2.24, 2.45) is 0 Å². The normalized spacial score (nSPS) is 10.9. The van der Waals surface area contributed by atoms with E-state index < -0.39 is 0 Å². The molecular weight excluding hydrogens is 341 g/mol. The molecule has 0 aliphatic heterocycles. The van der Waals surface area contributed by atoms with E-state index in [1.54, 1.807) is 25.3 Å². The molecule has 0 bridgehead atoms. The Balaban J connectivity index is 1.85. The molecule has 0 fully saturated rings. The van der Waals surface area contributed by atoms with E-state index in [0.29, 0.717) is 11.3 Å². The van der Waals surface area contributed by atoms with Crippen molar-refractivity contribution in [3.05, 3.63) is 95.3 Å². The molecule has 0 N–H and O–H groups in total. The number of ether oxygens (including phenoxy) is 2. The third kappa shape index (κ3) is 4.74. The van der Waals surface area contributed by atoms with E-state index >= 15 is 0 Å². The molecule has 0 unspecified atom stereocenters. The van der Waals surface area contributed by atoms with Crippen molar-refractivity contribution in [2.45, 2.75) is 6.61 Å². The maximum Gasteiger partial charge on any atom is 0.127 e. The van der Waals surface area contributed by atoms with E-state index in [0.717, 1.165) is 22.4 Å². The van der Waals surface area contributed by atoms with Crippen LogP contribution in [0.1, 0.15) is 16.7 Å². The standard InChI is InChI=1S/C23H18FNO2/c1-26-22-11-9-18(10-12-22)20(15-25)14-19-6-2-3-8-23(19)27-16-17-5-4-7-21(24)13-17/h2-14H,16H2,1H3/b20-14+. The quantitative estimate of drug-likeness (QED) is 0.432. The summed E-state index contributed by atoms with van der Waals surface area (Å²) in [6.07, 6.45) is 1.78. The predicted molar refractivity (Wildman–Crippen MR) is 104 cm³/mol. The van der Waals surface area contributed by atoms with E-state index in [-0.39, 0.29) is 12.4 Å². The van der Waals surface area contributed by atoms with Gasteiger partial charge in [0.1, 0.15) is 23.9 Å². The summed E-state index contributed by atoms with van der Waals surface area (Å²) < 4.78 is 24.3. The van der Waals surface area contributed by atoms with Crippen molar-refractivity contribution < 1.29 is 13.9 Å². The number of methoxy groups -OCH3 is 1. The van der Waals surface area contributed by atoms with E-state index in [1.165, 1.54) is 12.1 Å². The highest BCUT2D eigenvalue weighted by Gasteiger charge is 2.06. The number of hydrogen-bond donors (Lipinski definition) is 0. The lowest BCUT2D eigenvalue weighted by molar-refractivity contribution is 0.305. The SMILES string of the molecule is COc1ccc(/C(C#N)=C/c2ccccc2OCc2cccc(F)c2)cc1. The molecule has 0 aliphatic rings. The monoisotopic (exact) mass is 359 g/mol. The Kier molecular flexibility index (Phi) is 5.86. The minimum absolute atomic E-state index is 0.243. The Morgan fingerprint density at radius 2 is 1.81 bits per heavy atom. The summed E-state index contributed by atoms with van der Waals surface area (Å²) in [5, 5.41) is 9.56. The van der Waals surface area contributed by atoms with Crippen molar-refractivity contribution in [3.63, 3.8) is 0 Å². The lowest BCUT2D eigenvalue weighted by Crippen LogP contribution is -1.97. The highest BCUT2D eigenvalue weighted by atomic mass is 19.1. The molecule has 0 saturated carbocycles. The average Bonchev–Trinajstić information content (AvgIpc) is 2.71. The van der Waals surface area contributed by atoms with Crippen LogP contribution in [0.2, 0.25) is 0 Å². The predicted octanol–water partition coefficient (Wildman–Crippen LogP) is 5.48. The summed E-state index contributed by atoms with van der Waals surface area (Å²) in [4.78, 5) is 0. The Labute approximate surface area is 157 Å². The highest BCUT2D eigenvalue weighted by Crippen LogP contribution is 2.26. The van der Waals surface area contributed by atoms with Crippen molar-refractivity contribution in [2.75, 3.05) is 7.11 Å². The maximum absolute atomic E-state index is 13.3. The Bertz CT molecular complexity index is 988. The zero-order chi connectivity index (χ0) is 19.1. The molecule has 0 atom stereocenters. The van der Waals surface area contributed by atoms with Gasteiger partial charge in [-0.2, -0.15) is 5.26 Å². The van der Waals surface area contributed by atoms with Crippen LogP contribution in [0.3, 0.4) is 0 Å². The van der Waals surface area contributed by atoms with E-state index in [1.807, 2.05) is 48.5 Å². The number of rotatable bonds is 6. The second kappa shape index (κ2) is 8.68. The first-order chi connectivity index (χ1) is 13.2. The van der Waals surface area contributed by atoms with Crippen LogP contribution >= 0.6 is 0 Å². The van der Waals surface area contributed by atoms with Crippen LogP contribution in [0.15, 0.2) is 72.8 Å². The fraction of sp³-hybridized carbons (Fsp3) is 0.0870. The van der Waals surface area contributed by atoms with Gasteiger partial charge in [-0.25, -0.2) is 4.39 Å². The maximum atomic E-state index is 13.3. The highest BCUT2D eigenvalue weighted by molar-refractivity contribution is 5.90. The summed E-state index contributed by atoms with van der Waals surface area (Å²) in [6, 6.07) is 23.3. The van der Waals surface area contributed by atoms with Crippen molar-refractivity contribution in [1.82, 2.24) is 0 Å². The number of para-hydroxylation sites is 1. The Hall–Kier alpha value is -3.58. The second-order valence-corrected chi connectivity index (χ2v) is 5.85. The molecule has 0 aliphatic carbocycles. The Morgan fingerprint density at radius 1 is 1.04 bits per heavy atom. The molecule has 0 radical (unpaired) electrons. The first-order valence-corrected chi connectivity index (χ1v) is 8.42. The molecule has 0 spiro atoms. The molecule has 0 aromatic heterocycles. The number of nitrogens with zero attached hydrogens (tertiary/aromatic N) is 1. The van der Waals surface area contributed by atoms with Gasteiger partial charge in [0.25, 0.3) is 0 Å². The molecule has 3 aromatic rings. The van der Waals surface area contributed by atoms with Gasteiger partial charge in [0.05, 0.1) is 18.8 Å². The van der Waals surface area contributed by atoms with Gasteiger partial charge >= 0.3 is 0 Å². The lowest BCUT2D eigenvalue weighted by Gasteiger charge is -2.10. The number of allylic oxidation sites excluding steroid dienone is 1. The van der Waals surface area contributed by atoms with Crippen LogP contribution in [-0.2, 0) is 6.61 Å². The summed E-state index contributed by atoms with van der Waals surface area (Å²) in [7, 11) is 1.60. The van der Waals surface area contributed by atoms with Crippen molar-refractivity contribution in [3.8, 4) is 17.6 Å². The number of nitriles is 1. The zero-order valence-electron chi connectivity index (χ0n) is 14.9. The zero-order valence-corrected chi connectivity index (χ0v) is 14.9. The molecule has 3 aromatic carbocycles. The third-order valence-corrected chi connectivity index (χ3v) is 4.02. The molecule has 134 valence electrons. The number of benzene rings is 3. The van der Waals surface area contributed by atoms with Crippen LogP contribution in [0, 0.1) is 17.1 Å². The Morgan fingerprint density at radius 3 is 2.52 bits per heavy atom. The van der Waals surface area contributed by atoms with Gasteiger partial charge in [0.2, 0.25) is 0 Å². The van der Waals surface area contributed by atoms with E-state index in [4.69, 9.17) is 9.47 Å². The molecule has 0 heterocycles. The average molecular weight is 359 g/mol. The molecule has 3 rings (SSSR count). The van der Waals surface area contributed by atoms with Crippen molar-refractivity contribution >= 4 is 11.6 Å². The fourth-order valence-corrected chi connectivity index (χ4v) is 2.63. The molecule has 4 heteroatoms. The molecule has 0 saturated heterocycles. The van der Waals surface area contributed by atoms with Crippen LogP contribution in [0.25, 0.3) is 11.6 Å². The fourth-order valence-electron chi connectivity index (χ4n) is 2.63. The molecular formula is C23H18FNO2. The van der Waals surface area contributed by atoms with E-state index in [9.17, 15) is 9.65 Å². The summed E-state index contributed by atoms with van der Waals surface area (Å²) in [5.41, 5.74) is 2.82. The first-order valence-electron chi connectivity index (χ1n) is 8.42. The van der Waals surface area contributed by atoms with Gasteiger partial charge in [-0.1, -0.05) is 30.3 Å². The van der Waals surface area contributed by atoms with E-state index in [2.05, 4.69) is 6.07 Å². The van der Waals surface area contributed by atoms with Gasteiger partial charge in [-0.3, -0.25) is 0 Å². The largest absolute Gasteiger partial charge is 0.497 e. The summed E-state index contributed by atoms with van der Waals surface area (Å²) in [5.74, 6) is 1.06. The lowest BCUT2D eigenvalue weighted by atomic mass is 10.0. The molecule has 0 amide bonds. The third-order valence-electron chi connectivity index (χ3n) is 4.02. The number of halogens is 1. The smallest absolute Gasteiger partial charge is 0.127 e. The topological polar surface area (TPSA) is 42.2 Å². The molecule has 3 nitrogen and oxygen atoms in total. The minimum atomic E-state index is -0.296. The summed E-state index contributed by atoms with van der Waals surface area (Å²) >= 11 is 0. The van der Waals surface area contributed by atoms with Gasteiger partial charge in [0, 0.05) is 5.56 Å². The van der Waals surface area contributed by atoms with Crippen LogP contribution in [-0.4, -0.2) is 7.11 Å². The van der Waals surface area contributed by atoms with Gasteiger partial charge in [-0.15, -0.1) is 0 Å². The van der Waals surface area contributed by atoms with Crippen molar-refractivity contribution in [1.29, 1.82) is 5.26 Å². The van der Waals surface area contributed by atoms with Crippen LogP contribution < -0.4 is 9.47 Å². The number of hydrogen-bond acceptors (Lipinski definition) is 3. The van der Waals surface area contributed by atoms with Gasteiger partial charge in [0.15, 0.2) is 0 Å². The second-order valence-electron chi connectivity index (χ2n) is 5.85. The van der Waals surface area contributed by atoms with Gasteiger partial charge < -0.3 is 9.47 Å². The first kappa shape index (κ1) is 18.2. The van der Waals surface area contributed by atoms with Crippen LogP contribution in [0.5, 0.6) is 11.5 Å². The summed E-state index contributed by atoms with van der Waals surface area (Å²) in [6.45, 7) is 0.243. The van der Waals surface area contributed by atoms with Crippen LogP contribution in [0.4, 0.5) is 4.39 Å². The van der Waals surface area contributed by atoms with Gasteiger partial charge in [-0.05, 0) is 59.7 Å². The minimum Gasteiger partial charge on any atom is -0.497 e. The molecule has 27 heavy (non-hydrogen) atoms.